The highest BCUT2D eigenvalue weighted by atomic mass is 32.1. The van der Waals surface area contributed by atoms with Crippen LogP contribution < -0.4 is 0 Å². The summed E-state index contributed by atoms with van der Waals surface area (Å²) in [5.41, 5.74) is 4.05. The molecule has 2 aromatic carbocycles. The van der Waals surface area contributed by atoms with Crippen LogP contribution in [0.5, 0.6) is 0 Å². The maximum Gasteiger partial charge on any atom is 0.221 e. The van der Waals surface area contributed by atoms with Gasteiger partial charge in [0, 0.05) is 6.54 Å². The van der Waals surface area contributed by atoms with Crippen LogP contribution in [-0.2, 0) is 13.2 Å². The molecule has 5 nitrogen and oxygen atoms in total. The normalized spacial score (nSPS) is 11.2. The number of aromatic nitrogens is 4. The van der Waals surface area contributed by atoms with Crippen molar-refractivity contribution in [2.24, 2.45) is 0 Å². The lowest BCUT2D eigenvalue weighted by atomic mass is 10.1. The minimum absolute atomic E-state index is 0.233. The number of rotatable bonds is 5. The molecule has 0 atom stereocenters. The molecule has 0 bridgehead atoms. The average Bonchev–Trinajstić information content (AvgIpc) is 2.88. The van der Waals surface area contributed by atoms with Crippen molar-refractivity contribution in [3.05, 3.63) is 69.7 Å². The van der Waals surface area contributed by atoms with Gasteiger partial charge in [-0.25, -0.2) is 9.07 Å². The van der Waals surface area contributed by atoms with Gasteiger partial charge in [-0.1, -0.05) is 30.3 Å². The number of hydrogen-bond donors (Lipinski definition) is 0. The Morgan fingerprint density at radius 1 is 1.08 bits per heavy atom. The van der Waals surface area contributed by atoms with Crippen LogP contribution in [0.15, 0.2) is 42.5 Å². The lowest BCUT2D eigenvalue weighted by Gasteiger charge is -2.16. The number of nitrogens with zero attached hydrogens (tertiary/aromatic N) is 5. The minimum atomic E-state index is -0.233. The first-order valence-corrected chi connectivity index (χ1v) is 8.39. The highest BCUT2D eigenvalue weighted by Crippen LogP contribution is 2.18. The first-order valence-electron chi connectivity index (χ1n) is 7.98. The van der Waals surface area contributed by atoms with Crippen molar-refractivity contribution in [3.8, 4) is 5.69 Å². The van der Waals surface area contributed by atoms with Crippen LogP contribution in [0, 0.1) is 24.4 Å². The monoisotopic (exact) mass is 357 g/mol. The summed E-state index contributed by atoms with van der Waals surface area (Å²) in [7, 11) is 1.94. The van der Waals surface area contributed by atoms with Crippen LogP contribution in [0.3, 0.4) is 0 Å². The van der Waals surface area contributed by atoms with Crippen LogP contribution in [0.1, 0.15) is 16.7 Å². The molecule has 3 aromatic rings. The SMILES string of the molecule is Cc1cccc(C)c1-n1nnn(CN(C)Cc2cccc(F)c2)c1=S. The molecule has 1 aromatic heterocycles. The highest BCUT2D eigenvalue weighted by molar-refractivity contribution is 7.71. The first-order chi connectivity index (χ1) is 12.0. The van der Waals surface area contributed by atoms with Crippen LogP contribution in [0.25, 0.3) is 5.69 Å². The molecule has 0 spiro atoms. The van der Waals surface area contributed by atoms with Gasteiger partial charge in [0.05, 0.1) is 12.4 Å². The molecule has 0 radical (unpaired) electrons. The number of halogens is 1. The molecule has 1 heterocycles. The maximum atomic E-state index is 13.3. The van der Waals surface area contributed by atoms with E-state index in [0.717, 1.165) is 22.4 Å². The number of tetrazole rings is 1. The van der Waals surface area contributed by atoms with Gasteiger partial charge >= 0.3 is 0 Å². The van der Waals surface area contributed by atoms with Crippen molar-refractivity contribution in [2.45, 2.75) is 27.1 Å². The second-order valence-corrected chi connectivity index (χ2v) is 6.56. The molecule has 130 valence electrons. The van der Waals surface area contributed by atoms with Crippen molar-refractivity contribution in [3.63, 3.8) is 0 Å². The molecule has 0 aliphatic heterocycles. The summed E-state index contributed by atoms with van der Waals surface area (Å²) >= 11 is 5.54. The lowest BCUT2D eigenvalue weighted by Crippen LogP contribution is -2.22. The molecular formula is C18H20FN5S. The molecule has 3 rings (SSSR count). The Labute approximate surface area is 151 Å². The second-order valence-electron chi connectivity index (χ2n) is 6.20. The Morgan fingerprint density at radius 2 is 1.76 bits per heavy atom. The predicted octanol–water partition coefficient (Wildman–Crippen LogP) is 3.64. The quantitative estimate of drug-likeness (QED) is 0.654. The van der Waals surface area contributed by atoms with Crippen molar-refractivity contribution in [1.82, 2.24) is 24.7 Å². The van der Waals surface area contributed by atoms with Gasteiger partial charge in [0.2, 0.25) is 4.77 Å². The fourth-order valence-electron chi connectivity index (χ4n) is 2.87. The summed E-state index contributed by atoms with van der Waals surface area (Å²) in [4.78, 5) is 2.01. The molecule has 0 aliphatic carbocycles. The molecule has 7 heteroatoms. The number of benzene rings is 2. The molecule has 0 saturated heterocycles. The zero-order valence-corrected chi connectivity index (χ0v) is 15.3. The molecule has 0 saturated carbocycles. The molecular weight excluding hydrogens is 337 g/mol. The lowest BCUT2D eigenvalue weighted by molar-refractivity contribution is 0.241. The average molecular weight is 357 g/mol. The van der Waals surface area contributed by atoms with Crippen molar-refractivity contribution in [1.29, 1.82) is 0 Å². The number of aryl methyl sites for hydroxylation is 2. The van der Waals surface area contributed by atoms with E-state index in [2.05, 4.69) is 10.4 Å². The van der Waals surface area contributed by atoms with Gasteiger partial charge in [0.25, 0.3) is 0 Å². The van der Waals surface area contributed by atoms with Gasteiger partial charge in [-0.2, -0.15) is 4.68 Å². The summed E-state index contributed by atoms with van der Waals surface area (Å²) < 4.78 is 17.2. The van der Waals surface area contributed by atoms with Crippen molar-refractivity contribution < 1.29 is 4.39 Å². The molecule has 0 unspecified atom stereocenters. The van der Waals surface area contributed by atoms with E-state index in [4.69, 9.17) is 12.2 Å². The summed E-state index contributed by atoms with van der Waals surface area (Å²) in [5.74, 6) is -0.233. The fraction of sp³-hybridized carbons (Fsp3) is 0.278. The van der Waals surface area contributed by atoms with E-state index < -0.39 is 0 Å². The van der Waals surface area contributed by atoms with Crippen LogP contribution in [0.2, 0.25) is 0 Å². The third kappa shape index (κ3) is 3.83. The Morgan fingerprint density at radius 3 is 2.44 bits per heavy atom. The smallest absolute Gasteiger partial charge is 0.221 e. The molecule has 0 aliphatic rings. The Balaban J connectivity index is 1.81. The third-order valence-electron chi connectivity index (χ3n) is 4.01. The van der Waals surface area contributed by atoms with E-state index in [9.17, 15) is 4.39 Å². The van der Waals surface area contributed by atoms with Gasteiger partial charge < -0.3 is 0 Å². The number of para-hydroxylation sites is 1. The Hall–Kier alpha value is -2.38. The van der Waals surface area contributed by atoms with Crippen LogP contribution in [-0.4, -0.2) is 31.7 Å². The Bertz CT molecular complexity index is 926. The van der Waals surface area contributed by atoms with E-state index in [0.29, 0.717) is 18.0 Å². The third-order valence-corrected chi connectivity index (χ3v) is 4.39. The molecule has 25 heavy (non-hydrogen) atoms. The van der Waals surface area contributed by atoms with E-state index in [1.807, 2.05) is 50.1 Å². The highest BCUT2D eigenvalue weighted by Gasteiger charge is 2.12. The predicted molar refractivity (Wildman–Crippen MR) is 97.5 cm³/mol. The zero-order chi connectivity index (χ0) is 18.0. The Kier molecular flexibility index (Phi) is 5.06. The second kappa shape index (κ2) is 7.25. The maximum absolute atomic E-state index is 13.3. The van der Waals surface area contributed by atoms with Gasteiger partial charge in [0.1, 0.15) is 5.82 Å². The minimum Gasteiger partial charge on any atom is -0.283 e. The van der Waals surface area contributed by atoms with Gasteiger partial charge in [-0.05, 0) is 72.4 Å². The van der Waals surface area contributed by atoms with Crippen LogP contribution >= 0.6 is 12.2 Å². The van der Waals surface area contributed by atoms with Gasteiger partial charge in [-0.15, -0.1) is 0 Å². The molecule has 0 amide bonds. The van der Waals surface area contributed by atoms with Crippen molar-refractivity contribution in [2.75, 3.05) is 7.05 Å². The summed E-state index contributed by atoms with van der Waals surface area (Å²) in [6.07, 6.45) is 0. The van der Waals surface area contributed by atoms with E-state index >= 15 is 0 Å². The van der Waals surface area contributed by atoms with Gasteiger partial charge in [-0.3, -0.25) is 4.90 Å². The standard InChI is InChI=1S/C18H20FN5S/c1-13-6-4-7-14(2)17(13)24-18(25)23(20-21-24)12-22(3)11-15-8-5-9-16(19)10-15/h4-10H,11-12H2,1-3H3. The van der Waals surface area contributed by atoms with E-state index in [1.165, 1.54) is 12.1 Å². The zero-order valence-electron chi connectivity index (χ0n) is 14.5. The van der Waals surface area contributed by atoms with Gasteiger partial charge in [0.15, 0.2) is 0 Å². The molecule has 0 fully saturated rings. The fourth-order valence-corrected chi connectivity index (χ4v) is 3.09. The summed E-state index contributed by atoms with van der Waals surface area (Å²) in [6, 6.07) is 12.6. The first kappa shape index (κ1) is 17.4. The largest absolute Gasteiger partial charge is 0.283 e. The van der Waals surface area contributed by atoms with Crippen molar-refractivity contribution >= 4 is 12.2 Å². The topological polar surface area (TPSA) is 38.9 Å². The summed E-state index contributed by atoms with van der Waals surface area (Å²) in [6.45, 7) is 5.12. The number of hydrogen-bond acceptors (Lipinski definition) is 4. The summed E-state index contributed by atoms with van der Waals surface area (Å²) in [5, 5.41) is 8.40. The van der Waals surface area contributed by atoms with E-state index in [1.54, 1.807) is 15.4 Å². The van der Waals surface area contributed by atoms with E-state index in [-0.39, 0.29) is 5.82 Å². The molecule has 0 N–H and O–H groups in total. The van der Waals surface area contributed by atoms with Crippen LogP contribution in [0.4, 0.5) is 4.39 Å².